The smallest absolute Gasteiger partial charge is 0.280 e. The van der Waals surface area contributed by atoms with E-state index in [0.29, 0.717) is 0 Å². The van der Waals surface area contributed by atoms with Crippen LogP contribution >= 0.6 is 8.30 Å². The summed E-state index contributed by atoms with van der Waals surface area (Å²) >= 11 is 0. The number of nitrogens with one attached hydrogen (secondary N) is 2. The first-order valence-electron chi connectivity index (χ1n) is 13.7. The van der Waals surface area contributed by atoms with E-state index >= 15 is 0 Å². The fourth-order valence-corrected chi connectivity index (χ4v) is 7.82. The van der Waals surface area contributed by atoms with E-state index in [-0.39, 0.29) is 47.0 Å². The van der Waals surface area contributed by atoms with Gasteiger partial charge in [0.05, 0.1) is 12.4 Å². The van der Waals surface area contributed by atoms with Gasteiger partial charge in [0.2, 0.25) is 11.9 Å². The van der Waals surface area contributed by atoms with Gasteiger partial charge in [-0.05, 0) is 59.4 Å². The summed E-state index contributed by atoms with van der Waals surface area (Å²) in [7, 11) is -3.38. The normalized spacial score (nSPS) is 24.0. The average Bonchev–Trinajstić information content (AvgIpc) is 3.33. The molecule has 2 aromatic rings. The highest BCUT2D eigenvalue weighted by molar-refractivity contribution is 7.49. The molecular formula is C25H45N6O5PSi. The van der Waals surface area contributed by atoms with E-state index in [4.69, 9.17) is 15.1 Å². The first-order valence-corrected chi connectivity index (χ1v) is 17.6. The molecule has 1 aliphatic rings. The number of aromatic amines is 1. The van der Waals surface area contributed by atoms with E-state index in [0.717, 1.165) is 0 Å². The maximum absolute atomic E-state index is 12.7. The molecule has 1 aliphatic heterocycles. The maximum atomic E-state index is 12.7. The Morgan fingerprint density at radius 2 is 1.92 bits per heavy atom. The molecule has 214 valence electrons. The number of carbonyl (C=O) groups excluding carboxylic acids is 1. The van der Waals surface area contributed by atoms with Crippen molar-refractivity contribution in [3.05, 3.63) is 16.7 Å². The van der Waals surface area contributed by atoms with Gasteiger partial charge in [-0.1, -0.05) is 20.8 Å². The molecule has 38 heavy (non-hydrogen) atoms. The van der Waals surface area contributed by atoms with E-state index in [1.165, 1.54) is 13.3 Å². The molecule has 3 rings (SSSR count). The quantitative estimate of drug-likeness (QED) is 0.325. The number of hydrogen-bond acceptors (Lipinski definition) is 8. The molecular weight excluding hydrogens is 523 g/mol. The molecule has 0 spiro atoms. The lowest BCUT2D eigenvalue weighted by Crippen LogP contribution is -2.49. The monoisotopic (exact) mass is 569 g/mol. The maximum Gasteiger partial charge on any atom is 0.280 e. The van der Waals surface area contributed by atoms with Crippen molar-refractivity contribution >= 4 is 39.6 Å². The second-order valence-corrected chi connectivity index (χ2v) is 18.3. The zero-order chi connectivity index (χ0) is 29.4. The van der Waals surface area contributed by atoms with E-state index in [2.05, 4.69) is 93.2 Å². The second kappa shape index (κ2) is 11.4. The molecule has 3 heterocycles. The van der Waals surface area contributed by atoms with Gasteiger partial charge in [0.25, 0.3) is 5.56 Å². The molecule has 1 amide bonds. The highest BCUT2D eigenvalue weighted by Gasteiger charge is 2.51. The van der Waals surface area contributed by atoms with Gasteiger partial charge in [-0.2, -0.15) is 4.98 Å². The number of carbonyl (C=O) groups is 1. The van der Waals surface area contributed by atoms with Gasteiger partial charge in [0.1, 0.15) is 20.5 Å². The first-order chi connectivity index (χ1) is 18.0. The Hall–Kier alpha value is -1.69. The molecule has 2 unspecified atom stereocenters. The number of ether oxygens (including phenoxy) is 1. The number of rotatable bonds is 9. The zero-order valence-electron chi connectivity index (χ0n) is 25.5. The molecule has 0 aromatic carbocycles. The first kappa shape index (κ1) is 29.3. The summed E-state index contributed by atoms with van der Waals surface area (Å²) < 4.78 is 32.6. The predicted octanol–water partition coefficient (Wildman–Crippen LogP) is 4.83. The number of amides is 1. The van der Waals surface area contributed by atoms with Gasteiger partial charge in [0.15, 0.2) is 25.7 Å². The van der Waals surface area contributed by atoms with Crippen molar-refractivity contribution in [2.75, 3.05) is 12.0 Å². The highest BCUT2D eigenvalue weighted by atomic mass is 31.2. The fraction of sp³-hybridized carbons (Fsp3) is 0.760. The summed E-state index contributed by atoms with van der Waals surface area (Å²) in [5.41, 5.74) is -0.103. The van der Waals surface area contributed by atoms with Gasteiger partial charge in [-0.15, -0.1) is 0 Å². The molecule has 13 heteroatoms. The van der Waals surface area contributed by atoms with Crippen LogP contribution in [0.25, 0.3) is 11.2 Å². The number of imidazole rings is 1. The van der Waals surface area contributed by atoms with Crippen LogP contribution in [0.4, 0.5) is 5.95 Å². The van der Waals surface area contributed by atoms with Crippen molar-refractivity contribution in [2.24, 2.45) is 0 Å². The summed E-state index contributed by atoms with van der Waals surface area (Å²) in [6.45, 7) is 22.8. The van der Waals surface area contributed by atoms with Crippen LogP contribution in [0, 0.1) is 0 Å². The van der Waals surface area contributed by atoms with E-state index in [1.807, 2.05) is 0 Å². The van der Waals surface area contributed by atoms with Crippen molar-refractivity contribution in [1.82, 2.24) is 24.2 Å². The summed E-state index contributed by atoms with van der Waals surface area (Å²) in [5, 5.41) is 2.44. The number of hydrogen-bond donors (Lipinski definition) is 2. The standard InChI is InChI=1S/C25H45N6O5PSi/c1-14(2)31(15(3)4)37(10)35-19-16(5)34-23(20(19)36-38(11,12)25(7,8)9)30-13-26-18-21(30)28-24(27-17(6)32)29-22(18)33/h13-16,19-20,23H,1-12H3,(H2,27,28,29,32,33)/t16-,19?,20+,23-,37?/m1/s1/i5D. The highest BCUT2D eigenvalue weighted by Crippen LogP contribution is 2.49. The lowest BCUT2D eigenvalue weighted by atomic mass is 10.1. The van der Waals surface area contributed by atoms with Crippen molar-refractivity contribution in [2.45, 2.75) is 117 Å². The van der Waals surface area contributed by atoms with Crippen molar-refractivity contribution < 1.29 is 19.9 Å². The van der Waals surface area contributed by atoms with Crippen LogP contribution in [0.2, 0.25) is 18.1 Å². The van der Waals surface area contributed by atoms with Crippen LogP contribution in [0.5, 0.6) is 0 Å². The number of aromatic nitrogens is 4. The molecule has 1 fully saturated rings. The van der Waals surface area contributed by atoms with Crippen LogP contribution in [0.15, 0.2) is 11.1 Å². The van der Waals surface area contributed by atoms with Crippen LogP contribution in [0.3, 0.4) is 0 Å². The lowest BCUT2D eigenvalue weighted by Gasteiger charge is -2.42. The Balaban J connectivity index is 2.12. The summed E-state index contributed by atoms with van der Waals surface area (Å²) in [6, 6.07) is 0.545. The minimum Gasteiger partial charge on any atom is -0.407 e. The Labute approximate surface area is 229 Å². The van der Waals surface area contributed by atoms with Gasteiger partial charge < -0.3 is 13.7 Å². The fourth-order valence-electron chi connectivity index (χ4n) is 4.52. The Morgan fingerprint density at radius 3 is 2.45 bits per heavy atom. The molecule has 11 nitrogen and oxygen atoms in total. The SMILES string of the molecule is [2H]C[C@H]1O[C@@H](n2cnc3c(=O)[nH]c(NC(C)=O)nc32)[C@@H](O[Si](C)(C)C(C)(C)C)C1OP(C)N(C(C)C)C(C)C. The number of fused-ring (bicyclic) bond motifs is 1. The van der Waals surface area contributed by atoms with Crippen molar-refractivity contribution in [3.63, 3.8) is 0 Å². The largest absolute Gasteiger partial charge is 0.407 e. The third-order valence-electron chi connectivity index (χ3n) is 7.18. The molecule has 1 saturated heterocycles. The second-order valence-electron chi connectivity index (χ2n) is 11.9. The number of nitrogens with zero attached hydrogens (tertiary/aromatic N) is 4. The van der Waals surface area contributed by atoms with Crippen molar-refractivity contribution in [1.29, 1.82) is 0 Å². The molecule has 0 bridgehead atoms. The molecule has 2 aromatic heterocycles. The minimum absolute atomic E-state index is 0.0213. The molecule has 5 atom stereocenters. The van der Waals surface area contributed by atoms with Crippen LogP contribution in [-0.2, 0) is 18.5 Å². The summed E-state index contributed by atoms with van der Waals surface area (Å²) in [6.07, 6.45) is -0.893. The summed E-state index contributed by atoms with van der Waals surface area (Å²) in [5.74, 6) is -0.341. The van der Waals surface area contributed by atoms with Gasteiger partial charge in [0, 0.05) is 20.4 Å². The van der Waals surface area contributed by atoms with Crippen LogP contribution in [-0.4, -0.2) is 75.5 Å². The Kier molecular flexibility index (Phi) is 8.81. The van der Waals surface area contributed by atoms with E-state index < -0.39 is 46.7 Å². The Bertz CT molecular complexity index is 1210. The molecule has 2 N–H and O–H groups in total. The van der Waals surface area contributed by atoms with Gasteiger partial charge >= 0.3 is 0 Å². The molecule has 0 aliphatic carbocycles. The van der Waals surface area contributed by atoms with Crippen LogP contribution in [0.1, 0.15) is 69.9 Å². The third-order valence-corrected chi connectivity index (χ3v) is 13.8. The van der Waals surface area contributed by atoms with Crippen LogP contribution < -0.4 is 10.9 Å². The lowest BCUT2D eigenvalue weighted by molar-refractivity contribution is -0.114. The molecule has 0 saturated carbocycles. The van der Waals surface area contributed by atoms with E-state index in [9.17, 15) is 9.59 Å². The van der Waals surface area contributed by atoms with Gasteiger partial charge in [-0.25, -0.2) is 4.98 Å². The number of anilines is 1. The molecule has 0 radical (unpaired) electrons. The Morgan fingerprint density at radius 1 is 1.29 bits per heavy atom. The minimum atomic E-state index is -2.35. The topological polar surface area (TPSA) is 124 Å². The predicted molar refractivity (Wildman–Crippen MR) is 154 cm³/mol. The number of H-pyrrole nitrogens is 1. The van der Waals surface area contributed by atoms with E-state index in [1.54, 1.807) is 4.57 Å². The summed E-state index contributed by atoms with van der Waals surface area (Å²) in [4.78, 5) is 35.7. The van der Waals surface area contributed by atoms with Gasteiger partial charge in [-0.3, -0.25) is 29.1 Å². The average molecular weight is 570 g/mol. The zero-order valence-corrected chi connectivity index (χ0v) is 26.4. The third kappa shape index (κ3) is 6.37. The van der Waals surface area contributed by atoms with Crippen molar-refractivity contribution in [3.8, 4) is 0 Å².